The van der Waals surface area contributed by atoms with Crippen LogP contribution in [0.2, 0.25) is 0 Å². The molecule has 0 radical (unpaired) electrons. The van der Waals surface area contributed by atoms with E-state index in [9.17, 15) is 31.2 Å². The van der Waals surface area contributed by atoms with Crippen molar-refractivity contribution in [3.8, 4) is 0 Å². The summed E-state index contributed by atoms with van der Waals surface area (Å²) in [6.07, 6.45) is -3.10. The lowest BCUT2D eigenvalue weighted by atomic mass is 9.85. The number of nitrogens with two attached hydrogens (primary N) is 1. The van der Waals surface area contributed by atoms with E-state index in [1.54, 1.807) is 30.3 Å². The summed E-state index contributed by atoms with van der Waals surface area (Å²) in [4.78, 5) is 24.6. The maximum absolute atomic E-state index is 13.0. The number of nitrogens with one attached hydrogen (secondary N) is 2. The number of carbonyl (C=O) groups excluding carboxylic acids is 2. The van der Waals surface area contributed by atoms with Crippen LogP contribution in [-0.2, 0) is 30.5 Å². The van der Waals surface area contributed by atoms with Crippen molar-refractivity contribution in [2.24, 2.45) is 11.7 Å². The fourth-order valence-corrected chi connectivity index (χ4v) is 5.43. The van der Waals surface area contributed by atoms with Gasteiger partial charge in [-0.15, -0.1) is 0 Å². The van der Waals surface area contributed by atoms with Gasteiger partial charge in [0.05, 0.1) is 23.1 Å². The fourth-order valence-electron chi connectivity index (χ4n) is 4.13. The van der Waals surface area contributed by atoms with Crippen LogP contribution in [0.3, 0.4) is 0 Å². The van der Waals surface area contributed by atoms with Crippen LogP contribution in [0.1, 0.15) is 42.9 Å². The van der Waals surface area contributed by atoms with E-state index in [-0.39, 0.29) is 17.4 Å². The number of hydrogen-bond acceptors (Lipinski definition) is 7. The van der Waals surface area contributed by atoms with Gasteiger partial charge in [0.25, 0.3) is 0 Å². The van der Waals surface area contributed by atoms with E-state index in [0.29, 0.717) is 43.4 Å². The van der Waals surface area contributed by atoms with Crippen LogP contribution < -0.4 is 15.8 Å². The third-order valence-electron chi connectivity index (χ3n) is 6.32. The number of alkyl halides is 3. The van der Waals surface area contributed by atoms with Crippen molar-refractivity contribution in [2.45, 2.75) is 54.9 Å². The van der Waals surface area contributed by atoms with Crippen molar-refractivity contribution < 1.29 is 41.0 Å². The number of rotatable bonds is 10. The second-order valence-corrected chi connectivity index (χ2v) is 10.8. The predicted molar refractivity (Wildman–Crippen MR) is 131 cm³/mol. The number of carbonyl (C=O) groups is 2. The molecule has 1 amide bonds. The number of aliphatic hydroxyl groups is 1. The minimum atomic E-state index is -4.57. The van der Waals surface area contributed by atoms with E-state index >= 15 is 0 Å². The molecule has 0 aromatic heterocycles. The quantitative estimate of drug-likeness (QED) is 0.328. The fraction of sp³-hybridized carbons (Fsp3) is 0.440. The third-order valence-corrected chi connectivity index (χ3v) is 7.86. The first-order valence-corrected chi connectivity index (χ1v) is 13.5. The molecule has 2 aromatic rings. The molecule has 2 atom stereocenters. The van der Waals surface area contributed by atoms with Crippen molar-refractivity contribution in [1.82, 2.24) is 10.0 Å². The van der Waals surface area contributed by atoms with Gasteiger partial charge in [-0.1, -0.05) is 30.3 Å². The number of ether oxygens (including phenoxy) is 1. The number of hydrogen-bond donors (Lipinski definition) is 4. The van der Waals surface area contributed by atoms with Crippen molar-refractivity contribution in [3.63, 3.8) is 0 Å². The van der Waals surface area contributed by atoms with Crippen molar-refractivity contribution in [1.29, 1.82) is 0 Å². The van der Waals surface area contributed by atoms with Gasteiger partial charge in [-0.3, -0.25) is 9.59 Å². The lowest BCUT2D eigenvalue weighted by molar-refractivity contribution is -0.147. The lowest BCUT2D eigenvalue weighted by Gasteiger charge is -2.29. The Hall–Kier alpha value is -3.00. The molecule has 1 unspecified atom stereocenters. The standard InChI is InChI=1S/C25H30F3N3O6S/c26-25(27,28)18-8-12-20(13-9-18)38(35,36)31-19-10-6-17(7-11-19)23(33)30-22(16-4-2-1-3-5-16)15-37-24(34)21(29)14-32/h1-5,8-9,12-13,17,19,21-22,31-32H,6-7,10-11,14-15,29H2,(H,30,33)/t17?,19?,21-,22?/m0/s1. The van der Waals surface area contributed by atoms with E-state index < -0.39 is 58.4 Å². The van der Waals surface area contributed by atoms with Crippen molar-refractivity contribution in [3.05, 3.63) is 65.7 Å². The Balaban J connectivity index is 1.57. The highest BCUT2D eigenvalue weighted by Gasteiger charge is 2.33. The van der Waals surface area contributed by atoms with Crippen molar-refractivity contribution >= 4 is 21.9 Å². The molecule has 1 fully saturated rings. The van der Waals surface area contributed by atoms with E-state index in [2.05, 4.69) is 10.0 Å². The van der Waals surface area contributed by atoms with Gasteiger partial charge in [0, 0.05) is 12.0 Å². The van der Waals surface area contributed by atoms with Gasteiger partial charge in [0.2, 0.25) is 15.9 Å². The molecule has 0 aliphatic heterocycles. The maximum atomic E-state index is 13.0. The minimum absolute atomic E-state index is 0.190. The van der Waals surface area contributed by atoms with Crippen LogP contribution in [0.25, 0.3) is 0 Å². The molecule has 0 spiro atoms. The van der Waals surface area contributed by atoms with Gasteiger partial charge >= 0.3 is 12.1 Å². The van der Waals surface area contributed by atoms with Crippen LogP contribution in [0.15, 0.2) is 59.5 Å². The van der Waals surface area contributed by atoms with Crippen LogP contribution in [-0.4, -0.2) is 50.7 Å². The Morgan fingerprint density at radius 3 is 2.18 bits per heavy atom. The largest absolute Gasteiger partial charge is 0.462 e. The Labute approximate surface area is 218 Å². The monoisotopic (exact) mass is 557 g/mol. The average molecular weight is 558 g/mol. The minimum Gasteiger partial charge on any atom is -0.462 e. The molecule has 1 aliphatic rings. The predicted octanol–water partition coefficient (Wildman–Crippen LogP) is 2.26. The Morgan fingerprint density at radius 2 is 1.63 bits per heavy atom. The highest BCUT2D eigenvalue weighted by molar-refractivity contribution is 7.89. The molecule has 208 valence electrons. The number of benzene rings is 2. The molecule has 0 heterocycles. The summed E-state index contributed by atoms with van der Waals surface area (Å²) in [7, 11) is -4.03. The topological polar surface area (TPSA) is 148 Å². The zero-order valence-electron chi connectivity index (χ0n) is 20.4. The lowest BCUT2D eigenvalue weighted by Crippen LogP contribution is -2.43. The molecule has 2 aromatic carbocycles. The third kappa shape index (κ3) is 8.00. The first-order valence-electron chi connectivity index (χ1n) is 12.0. The number of esters is 1. The summed E-state index contributed by atoms with van der Waals surface area (Å²) in [6, 6.07) is 9.78. The molecular formula is C25H30F3N3O6S. The molecule has 1 aliphatic carbocycles. The first-order chi connectivity index (χ1) is 17.9. The summed E-state index contributed by atoms with van der Waals surface area (Å²) >= 11 is 0. The van der Waals surface area contributed by atoms with E-state index in [4.69, 9.17) is 15.6 Å². The second-order valence-electron chi connectivity index (χ2n) is 9.08. The summed E-state index contributed by atoms with van der Waals surface area (Å²) in [5.41, 5.74) is 5.23. The zero-order chi connectivity index (χ0) is 27.9. The zero-order valence-corrected chi connectivity index (χ0v) is 21.2. The molecule has 38 heavy (non-hydrogen) atoms. The molecule has 13 heteroatoms. The molecule has 0 saturated heterocycles. The van der Waals surface area contributed by atoms with Gasteiger partial charge in [-0.05, 0) is 55.5 Å². The Kier molecular flexibility index (Phi) is 9.88. The Bertz CT molecular complexity index is 1190. The summed E-state index contributed by atoms with van der Waals surface area (Å²) in [5.74, 6) is -1.50. The highest BCUT2D eigenvalue weighted by atomic mass is 32.2. The van der Waals surface area contributed by atoms with Crippen molar-refractivity contribution in [2.75, 3.05) is 13.2 Å². The van der Waals surface area contributed by atoms with E-state index in [1.807, 2.05) is 0 Å². The van der Waals surface area contributed by atoms with Crippen LogP contribution in [0, 0.1) is 5.92 Å². The van der Waals surface area contributed by atoms with Crippen LogP contribution >= 0.6 is 0 Å². The van der Waals surface area contributed by atoms with Gasteiger partial charge in [0.15, 0.2) is 0 Å². The summed E-state index contributed by atoms with van der Waals surface area (Å²) < 4.78 is 71.2. The molecule has 5 N–H and O–H groups in total. The van der Waals surface area contributed by atoms with Gasteiger partial charge < -0.3 is 20.9 Å². The molecule has 3 rings (SSSR count). The molecule has 0 bridgehead atoms. The number of aliphatic hydroxyl groups excluding tert-OH is 1. The second kappa shape index (κ2) is 12.7. The van der Waals surface area contributed by atoms with Crippen LogP contribution in [0.5, 0.6) is 0 Å². The maximum Gasteiger partial charge on any atom is 0.416 e. The number of amides is 1. The average Bonchev–Trinajstić information content (AvgIpc) is 2.90. The smallest absolute Gasteiger partial charge is 0.416 e. The normalized spacial score (nSPS) is 19.8. The summed E-state index contributed by atoms with van der Waals surface area (Å²) in [5, 5.41) is 11.9. The molecule has 9 nitrogen and oxygen atoms in total. The number of sulfonamides is 1. The first kappa shape index (κ1) is 29.6. The van der Waals surface area contributed by atoms with Gasteiger partial charge in [-0.2, -0.15) is 13.2 Å². The SMILES string of the molecule is N[C@@H](CO)C(=O)OCC(NC(=O)C1CCC(NS(=O)(=O)c2ccc(C(F)(F)F)cc2)CC1)c1ccccc1. The summed E-state index contributed by atoms with van der Waals surface area (Å²) in [6.45, 7) is -0.766. The van der Waals surface area contributed by atoms with Crippen LogP contribution in [0.4, 0.5) is 13.2 Å². The molecule has 1 saturated carbocycles. The van der Waals surface area contributed by atoms with Gasteiger partial charge in [0.1, 0.15) is 12.6 Å². The molecular weight excluding hydrogens is 527 g/mol. The highest BCUT2D eigenvalue weighted by Crippen LogP contribution is 2.30. The number of halogens is 3. The van der Waals surface area contributed by atoms with E-state index in [0.717, 1.165) is 12.1 Å². The van der Waals surface area contributed by atoms with Gasteiger partial charge in [-0.25, -0.2) is 13.1 Å². The van der Waals surface area contributed by atoms with E-state index in [1.165, 1.54) is 0 Å². The Morgan fingerprint density at radius 1 is 1.03 bits per heavy atom.